The Morgan fingerprint density at radius 1 is 0.282 bits per heavy atom. The van der Waals surface area contributed by atoms with Gasteiger partial charge in [0.25, 0.3) is 0 Å². The minimum atomic E-state index is -0.0235. The van der Waals surface area contributed by atoms with Crippen LogP contribution in [0.5, 0.6) is 0 Å². The predicted molar refractivity (Wildman–Crippen MR) is 348 cm³/mol. The number of allylic oxidation sites excluding steroid dienone is 28. The summed E-state index contributed by atoms with van der Waals surface area (Å²) in [5.41, 5.74) is 21.5. The Kier molecular flexibility index (Phi) is 36.3. The summed E-state index contributed by atoms with van der Waals surface area (Å²) in [6.07, 6.45) is 59.1. The number of hydrogen-bond acceptors (Lipinski definition) is 2. The SMILES string of the molecule is CC(C)=CCC/C(C)=C/CC/C(C)=C/CC/C(C)=C/CC/C(C)=C/CC/C(C)=C/CC/C(C)=C/CC/C(C)=C/CC/C(C)=C/CC/C(C)=C/CC/C(C)=C/CC/C(C)=C/CC/C(C)=C/CC1=C(C)C(=O)c2ccccc2C1=O. The van der Waals surface area contributed by atoms with Gasteiger partial charge >= 0.3 is 0 Å². The van der Waals surface area contributed by atoms with Gasteiger partial charge in [-0.1, -0.05) is 176 Å². The normalized spacial score (nSPS) is 15.5. The lowest BCUT2D eigenvalue weighted by molar-refractivity contribution is 0.0973. The van der Waals surface area contributed by atoms with Gasteiger partial charge in [0.1, 0.15) is 0 Å². The molecule has 0 amide bonds. The summed E-state index contributed by atoms with van der Waals surface area (Å²) < 4.78 is 0. The maximum atomic E-state index is 13.1. The van der Waals surface area contributed by atoms with E-state index in [4.69, 9.17) is 0 Å². The number of benzene rings is 1. The van der Waals surface area contributed by atoms with Crippen LogP contribution in [0.3, 0.4) is 0 Å². The molecule has 0 aliphatic heterocycles. The van der Waals surface area contributed by atoms with Crippen LogP contribution in [0.25, 0.3) is 0 Å². The zero-order chi connectivity index (χ0) is 57.7. The number of carbonyl (C=O) groups excluding carboxylic acids is 2. The van der Waals surface area contributed by atoms with Crippen LogP contribution in [0.15, 0.2) is 187 Å². The van der Waals surface area contributed by atoms with Crippen LogP contribution in [-0.4, -0.2) is 11.6 Å². The molecule has 78 heavy (non-hydrogen) atoms. The van der Waals surface area contributed by atoms with E-state index in [9.17, 15) is 9.59 Å². The van der Waals surface area contributed by atoms with Gasteiger partial charge in [0.15, 0.2) is 11.6 Å². The van der Waals surface area contributed by atoms with Gasteiger partial charge in [0.05, 0.1) is 0 Å². The molecule has 2 rings (SSSR count). The lowest BCUT2D eigenvalue weighted by Crippen LogP contribution is -2.20. The second-order valence-corrected chi connectivity index (χ2v) is 23.9. The summed E-state index contributed by atoms with van der Waals surface area (Å²) in [7, 11) is 0. The van der Waals surface area contributed by atoms with Crippen LogP contribution in [0, 0.1) is 0 Å². The minimum absolute atomic E-state index is 0.00907. The van der Waals surface area contributed by atoms with Gasteiger partial charge in [0.2, 0.25) is 0 Å². The standard InChI is InChI=1S/C76H112O2/c1-58(2)30-18-31-59(3)32-19-33-60(4)34-20-35-61(5)36-21-37-62(6)38-22-39-63(7)40-23-41-64(8)42-24-43-65(9)44-25-45-66(10)46-26-47-67(11)48-27-49-68(12)50-28-51-69(13)52-29-53-70(14)56-57-72-71(15)75(77)73-54-16-17-55-74(73)76(72)78/h16-17,30,32,34,36,38,40,42,44,46,48,50,52,54-56H,18-29,31,33,35,37,39,41,43,45,47,49,51,53,57H2,1-15H3/b59-32+,60-34+,61-36+,62-38+,63-40+,64-42+,65-44+,66-46+,67-48+,68-50+,69-52+,70-56+. The first kappa shape index (κ1) is 69.0. The molecule has 428 valence electrons. The fraction of sp³-hybridized carbons (Fsp3) is 0.526. The first-order valence-corrected chi connectivity index (χ1v) is 30.6. The van der Waals surface area contributed by atoms with Crippen molar-refractivity contribution in [3.05, 3.63) is 198 Å². The summed E-state index contributed by atoms with van der Waals surface area (Å²) in [6.45, 7) is 33.5. The lowest BCUT2D eigenvalue weighted by Gasteiger charge is -2.18. The van der Waals surface area contributed by atoms with Gasteiger partial charge in [-0.25, -0.2) is 0 Å². The molecule has 1 aliphatic carbocycles. The molecule has 0 N–H and O–H groups in total. The quantitative estimate of drug-likeness (QED) is 0.0619. The molecule has 2 nitrogen and oxygen atoms in total. The Balaban J connectivity index is 1.55. The van der Waals surface area contributed by atoms with E-state index in [1.165, 1.54) is 111 Å². The van der Waals surface area contributed by atoms with Gasteiger partial charge in [-0.2, -0.15) is 0 Å². The van der Waals surface area contributed by atoms with Crippen LogP contribution >= 0.6 is 0 Å². The number of fused-ring (bicyclic) bond motifs is 1. The monoisotopic (exact) mass is 1060 g/mol. The van der Waals surface area contributed by atoms with Gasteiger partial charge in [-0.15, -0.1) is 0 Å². The fourth-order valence-corrected chi connectivity index (χ4v) is 9.89. The van der Waals surface area contributed by atoms with Crippen molar-refractivity contribution in [3.8, 4) is 0 Å². The molecule has 0 aromatic heterocycles. The van der Waals surface area contributed by atoms with E-state index in [0.29, 0.717) is 28.7 Å². The molecule has 0 saturated heterocycles. The van der Waals surface area contributed by atoms with Crippen molar-refractivity contribution >= 4 is 11.6 Å². The van der Waals surface area contributed by atoms with Gasteiger partial charge in [-0.3, -0.25) is 9.59 Å². The second kappa shape index (κ2) is 41.0. The lowest BCUT2D eigenvalue weighted by atomic mass is 9.83. The molecular weight excluding hydrogens is 945 g/mol. The Morgan fingerprint density at radius 3 is 0.692 bits per heavy atom. The summed E-state index contributed by atoms with van der Waals surface area (Å²) in [5.74, 6) is -0.0326. The third-order valence-corrected chi connectivity index (χ3v) is 15.6. The molecule has 0 saturated carbocycles. The molecule has 2 heteroatoms. The molecule has 0 unspecified atom stereocenters. The first-order valence-electron chi connectivity index (χ1n) is 30.6. The van der Waals surface area contributed by atoms with E-state index in [-0.39, 0.29) is 11.6 Å². The zero-order valence-corrected chi connectivity index (χ0v) is 52.8. The highest BCUT2D eigenvalue weighted by Gasteiger charge is 2.28. The van der Waals surface area contributed by atoms with Crippen molar-refractivity contribution in [1.82, 2.24) is 0 Å². The van der Waals surface area contributed by atoms with Gasteiger partial charge in [-0.05, 0) is 264 Å². The average molecular weight is 1060 g/mol. The molecule has 0 radical (unpaired) electrons. The molecule has 0 heterocycles. The molecular formula is C76H112O2. The van der Waals surface area contributed by atoms with Crippen molar-refractivity contribution in [1.29, 1.82) is 0 Å². The summed E-state index contributed by atoms with van der Waals surface area (Å²) in [5, 5.41) is 0. The Morgan fingerprint density at radius 2 is 0.474 bits per heavy atom. The van der Waals surface area contributed by atoms with Crippen LogP contribution in [0.2, 0.25) is 0 Å². The average Bonchev–Trinajstić information content (AvgIpc) is 3.48. The van der Waals surface area contributed by atoms with Crippen LogP contribution in [-0.2, 0) is 0 Å². The summed E-state index contributed by atoms with van der Waals surface area (Å²) in [4.78, 5) is 25.9. The van der Waals surface area contributed by atoms with E-state index >= 15 is 0 Å². The topological polar surface area (TPSA) is 34.1 Å². The third-order valence-electron chi connectivity index (χ3n) is 15.6. The molecule has 0 fully saturated rings. The van der Waals surface area contributed by atoms with Gasteiger partial charge < -0.3 is 0 Å². The maximum absolute atomic E-state index is 13.1. The summed E-state index contributed by atoms with van der Waals surface area (Å²) >= 11 is 0. The van der Waals surface area contributed by atoms with Gasteiger partial charge in [0, 0.05) is 22.3 Å². The van der Waals surface area contributed by atoms with E-state index in [1.807, 2.05) is 12.1 Å². The molecule has 0 bridgehead atoms. The summed E-state index contributed by atoms with van der Waals surface area (Å²) in [6, 6.07) is 7.17. The molecule has 0 spiro atoms. The number of Topliss-reactive ketones (excluding diaryl/α,β-unsaturated/α-hetero) is 2. The van der Waals surface area contributed by atoms with Crippen molar-refractivity contribution in [3.63, 3.8) is 0 Å². The zero-order valence-electron chi connectivity index (χ0n) is 52.8. The Labute approximate surface area is 481 Å². The highest BCUT2D eigenvalue weighted by atomic mass is 16.1. The highest BCUT2D eigenvalue weighted by Crippen LogP contribution is 2.29. The van der Waals surface area contributed by atoms with E-state index in [0.717, 1.165) is 116 Å². The highest BCUT2D eigenvalue weighted by molar-refractivity contribution is 6.26. The number of rotatable bonds is 38. The molecule has 1 aliphatic rings. The van der Waals surface area contributed by atoms with Crippen molar-refractivity contribution in [2.75, 3.05) is 0 Å². The minimum Gasteiger partial charge on any atom is -0.289 e. The fourth-order valence-electron chi connectivity index (χ4n) is 9.89. The molecule has 1 aromatic carbocycles. The van der Waals surface area contributed by atoms with Crippen molar-refractivity contribution in [2.24, 2.45) is 0 Å². The van der Waals surface area contributed by atoms with E-state index in [2.05, 4.69) is 176 Å². The van der Waals surface area contributed by atoms with E-state index < -0.39 is 0 Å². The molecule has 1 aromatic rings. The second-order valence-electron chi connectivity index (χ2n) is 23.9. The maximum Gasteiger partial charge on any atom is 0.190 e. The van der Waals surface area contributed by atoms with Crippen LogP contribution in [0.1, 0.15) is 285 Å². The smallest absolute Gasteiger partial charge is 0.190 e. The first-order chi connectivity index (χ1) is 37.2. The van der Waals surface area contributed by atoms with E-state index in [1.54, 1.807) is 19.1 Å². The Bertz CT molecular complexity index is 2490. The number of hydrogen-bond donors (Lipinski definition) is 0. The van der Waals surface area contributed by atoms with Crippen LogP contribution in [0.4, 0.5) is 0 Å². The predicted octanol–water partition coefficient (Wildman–Crippen LogP) is 24.5. The largest absolute Gasteiger partial charge is 0.289 e. The number of ketones is 2. The number of carbonyl (C=O) groups is 2. The third kappa shape index (κ3) is 32.7. The Hall–Kier alpha value is -5.08. The van der Waals surface area contributed by atoms with Crippen molar-refractivity contribution < 1.29 is 9.59 Å². The van der Waals surface area contributed by atoms with Crippen molar-refractivity contribution in [2.45, 2.75) is 264 Å². The molecule has 0 atom stereocenters. The van der Waals surface area contributed by atoms with Crippen LogP contribution < -0.4 is 0 Å².